The molecule has 1 rings (SSSR count). The largest absolute Gasteiger partial charge is 1.00 e. The third kappa shape index (κ3) is 8.03. The van der Waals surface area contributed by atoms with Gasteiger partial charge in [0.15, 0.2) is 5.78 Å². The third-order valence-electron chi connectivity index (χ3n) is 1.97. The summed E-state index contributed by atoms with van der Waals surface area (Å²) in [6, 6.07) is 3.40. The second-order valence-electron chi connectivity index (χ2n) is 3.05. The van der Waals surface area contributed by atoms with E-state index in [0.717, 1.165) is 5.56 Å². The normalized spacial score (nSPS) is 8.53. The molecule has 3 nitrogen and oxygen atoms in total. The number of rotatable bonds is 2. The molecular formula is C15H25N2ORb. The van der Waals surface area contributed by atoms with Crippen molar-refractivity contribution < 1.29 is 63.0 Å². The topological polar surface area (TPSA) is 66.9 Å². The number of hydrogen-bond donors (Lipinski definition) is 1. The average Bonchev–Trinajstić information content (AvgIpc) is 2.39. The minimum absolute atomic E-state index is 0. The Morgan fingerprint density at radius 3 is 2.05 bits per heavy atom. The molecule has 0 saturated carbocycles. The van der Waals surface area contributed by atoms with Crippen LogP contribution in [0.3, 0.4) is 0 Å². The molecule has 0 heterocycles. The summed E-state index contributed by atoms with van der Waals surface area (Å²) in [5, 5.41) is 0. The van der Waals surface area contributed by atoms with E-state index in [4.69, 9.17) is 11.5 Å². The Balaban J connectivity index is -0.000000467. The van der Waals surface area contributed by atoms with Gasteiger partial charge < -0.3 is 11.5 Å². The number of Topliss-reactive ketones (excluding diaryl/α,β-unsaturated/α-hetero) is 1. The van der Waals surface area contributed by atoms with Crippen molar-refractivity contribution in [3.63, 3.8) is 0 Å². The minimum atomic E-state index is -0.129. The molecule has 0 aliphatic heterocycles. The number of carbonyl (C=O) groups excluding carboxylic acids is 1. The quantitative estimate of drug-likeness (QED) is 0.665. The Hall–Kier alpha value is 0.0352. The molecule has 3 N–H and O–H groups in total. The molecule has 0 aromatic heterocycles. The van der Waals surface area contributed by atoms with Crippen molar-refractivity contribution in [3.8, 4) is 0 Å². The predicted molar refractivity (Wildman–Crippen MR) is 82.2 cm³/mol. The van der Waals surface area contributed by atoms with Gasteiger partial charge in [-0.3, -0.25) is 4.79 Å². The molecule has 0 aliphatic rings. The van der Waals surface area contributed by atoms with Crippen molar-refractivity contribution in [2.45, 2.75) is 41.5 Å². The van der Waals surface area contributed by atoms with E-state index in [9.17, 15) is 4.79 Å². The first-order valence-corrected chi connectivity index (χ1v) is 6.35. The van der Waals surface area contributed by atoms with E-state index >= 15 is 0 Å². The maximum atomic E-state index is 11.3. The number of hydrogen-bond acceptors (Lipinski definition) is 2. The van der Waals surface area contributed by atoms with Gasteiger partial charge in [0.2, 0.25) is 0 Å². The van der Waals surface area contributed by atoms with Gasteiger partial charge in [-0.1, -0.05) is 45.9 Å². The summed E-state index contributed by atoms with van der Waals surface area (Å²) in [5.41, 5.74) is 14.8. The van der Waals surface area contributed by atoms with E-state index in [1.54, 1.807) is 18.2 Å². The van der Waals surface area contributed by atoms with Gasteiger partial charge in [-0.2, -0.15) is 0 Å². The second kappa shape index (κ2) is 14.4. The van der Waals surface area contributed by atoms with Crippen molar-refractivity contribution >= 4 is 23.2 Å². The van der Waals surface area contributed by atoms with Crippen LogP contribution in [0.4, 0.5) is 11.4 Å². The summed E-state index contributed by atoms with van der Waals surface area (Å²) < 4.78 is 0. The van der Waals surface area contributed by atoms with Crippen LogP contribution in [-0.2, 0) is 0 Å². The van der Waals surface area contributed by atoms with E-state index in [1.165, 1.54) is 6.92 Å². The van der Waals surface area contributed by atoms with Crippen molar-refractivity contribution in [3.05, 3.63) is 35.1 Å². The van der Waals surface area contributed by atoms with Crippen LogP contribution in [0, 0.1) is 0 Å². The van der Waals surface area contributed by atoms with Crippen LogP contribution in [0.25, 0.3) is 11.8 Å². The van der Waals surface area contributed by atoms with Gasteiger partial charge in [0.05, 0.1) is 0 Å². The zero-order valence-corrected chi connectivity index (χ0v) is 18.2. The van der Waals surface area contributed by atoms with Crippen LogP contribution < -0.4 is 63.9 Å². The van der Waals surface area contributed by atoms with Crippen molar-refractivity contribution in [2.75, 3.05) is 5.73 Å². The van der Waals surface area contributed by atoms with Crippen LogP contribution in [-0.4, -0.2) is 5.78 Å². The molecule has 0 aliphatic carbocycles. The Bertz CT molecular complexity index is 401. The molecule has 0 atom stereocenters. The zero-order chi connectivity index (χ0) is 14.7. The molecule has 4 heteroatoms. The number of anilines is 1. The van der Waals surface area contributed by atoms with Gasteiger partial charge in [0.25, 0.3) is 0 Å². The molecule has 1 aromatic carbocycles. The van der Waals surface area contributed by atoms with Crippen molar-refractivity contribution in [1.82, 2.24) is 0 Å². The van der Waals surface area contributed by atoms with E-state index in [1.807, 2.05) is 40.7 Å². The second-order valence-corrected chi connectivity index (χ2v) is 3.05. The Morgan fingerprint density at radius 1 is 1.21 bits per heavy atom. The number of carbonyl (C=O) groups is 1. The third-order valence-corrected chi connectivity index (χ3v) is 1.97. The summed E-state index contributed by atoms with van der Waals surface area (Å²) in [6.07, 6.45) is 3.63. The molecule has 1 aromatic rings. The number of ketones is 1. The fourth-order valence-corrected chi connectivity index (χ4v) is 1.33. The number of allylic oxidation sites excluding steroid dienone is 1. The van der Waals surface area contributed by atoms with Gasteiger partial charge in [0, 0.05) is 11.3 Å². The van der Waals surface area contributed by atoms with E-state index in [2.05, 4.69) is 0 Å². The van der Waals surface area contributed by atoms with Gasteiger partial charge >= 0.3 is 58.2 Å². The van der Waals surface area contributed by atoms with Gasteiger partial charge in [-0.25, -0.2) is 0 Å². The molecule has 0 bridgehead atoms. The first kappa shape index (κ1) is 24.1. The summed E-state index contributed by atoms with van der Waals surface area (Å²) in [7, 11) is 0. The molecular weight excluding hydrogens is 310 g/mol. The van der Waals surface area contributed by atoms with Crippen LogP contribution in [0.2, 0.25) is 0 Å². The molecule has 0 fully saturated rings. The molecule has 0 unspecified atom stereocenters. The zero-order valence-electron chi connectivity index (χ0n) is 13.3. The van der Waals surface area contributed by atoms with Crippen LogP contribution in [0.5, 0.6) is 0 Å². The first-order valence-electron chi connectivity index (χ1n) is 6.35. The molecule has 0 amide bonds. The summed E-state index contributed by atoms with van der Waals surface area (Å²) >= 11 is 0. The predicted octanol–water partition coefficient (Wildman–Crippen LogP) is 2.24. The molecule has 0 radical (unpaired) electrons. The average molecular weight is 335 g/mol. The Kier molecular flexibility index (Phi) is 18.3. The summed E-state index contributed by atoms with van der Waals surface area (Å²) in [6.45, 7) is 11.3. The minimum Gasteiger partial charge on any atom is -0.696 e. The van der Waals surface area contributed by atoms with Crippen LogP contribution in [0.15, 0.2) is 18.2 Å². The standard InChI is InChI=1S/C11H14N2O.2C2H6.Rb/c1-3-4-8-5-6-9(12)11(13)10(8)7(2)14;2*1-2;/h3-6H,12H2,1-2H3,(H2,13,14);2*1-2H3;/q;;;+1/p-1/b4-3-;;;. The number of nitrogen functional groups attached to an aromatic ring is 1. The van der Waals surface area contributed by atoms with Crippen molar-refractivity contribution in [2.24, 2.45) is 0 Å². The number of nitrogens with two attached hydrogens (primary N) is 1. The van der Waals surface area contributed by atoms with Gasteiger partial charge in [0.1, 0.15) is 0 Å². The van der Waals surface area contributed by atoms with E-state index in [0.29, 0.717) is 11.3 Å². The Morgan fingerprint density at radius 2 is 1.68 bits per heavy atom. The maximum absolute atomic E-state index is 11.3. The molecule has 0 spiro atoms. The van der Waals surface area contributed by atoms with Crippen LogP contribution >= 0.6 is 0 Å². The SMILES string of the molecule is C/C=C\c1ccc(N)c([NH-])c1C(C)=O.CC.CC.[Rb+]. The van der Waals surface area contributed by atoms with Gasteiger partial charge in [-0.05, 0) is 25.5 Å². The first-order chi connectivity index (χ1) is 8.57. The monoisotopic (exact) mass is 334 g/mol. The summed E-state index contributed by atoms with van der Waals surface area (Å²) in [5.74, 6) is -0.129. The fraction of sp³-hybridized carbons (Fsp3) is 0.400. The fourth-order valence-electron chi connectivity index (χ4n) is 1.33. The smallest absolute Gasteiger partial charge is 0.696 e. The molecule has 102 valence electrons. The van der Waals surface area contributed by atoms with Crippen molar-refractivity contribution in [1.29, 1.82) is 0 Å². The molecule has 0 saturated heterocycles. The summed E-state index contributed by atoms with van der Waals surface area (Å²) in [4.78, 5) is 11.3. The van der Waals surface area contributed by atoms with Gasteiger partial charge in [-0.15, -0.1) is 5.69 Å². The number of benzene rings is 1. The Labute approximate surface area is 166 Å². The maximum Gasteiger partial charge on any atom is 1.00 e. The molecule has 19 heavy (non-hydrogen) atoms. The van der Waals surface area contributed by atoms with E-state index < -0.39 is 0 Å². The van der Waals surface area contributed by atoms with Crippen LogP contribution in [0.1, 0.15) is 57.5 Å². The number of nitrogens with one attached hydrogen (secondary N) is 1. The van der Waals surface area contributed by atoms with E-state index in [-0.39, 0.29) is 69.7 Å².